The van der Waals surface area contributed by atoms with Crippen LogP contribution in [0.5, 0.6) is 5.75 Å². The minimum atomic E-state index is -1.23. The summed E-state index contributed by atoms with van der Waals surface area (Å²) in [6.45, 7) is -0.621. The Hall–Kier alpha value is -4.71. The van der Waals surface area contributed by atoms with Crippen LogP contribution in [0.15, 0.2) is 67.1 Å². The second-order valence-electron chi connectivity index (χ2n) is 8.68. The molecule has 0 spiro atoms. The lowest BCUT2D eigenvalue weighted by molar-refractivity contribution is -0.138. The number of phenolic OH excluding ortho intramolecular Hbond substituents is 1. The Morgan fingerprint density at radius 1 is 0.842 bits per heavy atom. The first kappa shape index (κ1) is 27.9. The number of carboxylic acid groups (broad SMARTS) is 1. The van der Waals surface area contributed by atoms with E-state index in [1.54, 1.807) is 36.4 Å². The van der Waals surface area contributed by atoms with Gasteiger partial charge in [0, 0.05) is 24.7 Å². The Balaban J connectivity index is 1.75. The lowest BCUT2D eigenvalue weighted by Gasteiger charge is -2.24. The third kappa shape index (κ3) is 8.75. The SMILES string of the molecule is NC(Cc1ccc(O)cc1)C(=O)NC(Cc1ccccc1)C(=O)NC(Cc1cnc[nH]1)C(=O)NCC(=O)O. The summed E-state index contributed by atoms with van der Waals surface area (Å²) < 4.78 is 0. The molecule has 12 heteroatoms. The molecule has 3 amide bonds. The van der Waals surface area contributed by atoms with Crippen molar-refractivity contribution in [3.63, 3.8) is 0 Å². The van der Waals surface area contributed by atoms with Crippen molar-refractivity contribution in [3.8, 4) is 5.75 Å². The number of nitrogens with zero attached hydrogens (tertiary/aromatic N) is 1. The van der Waals surface area contributed by atoms with Crippen molar-refractivity contribution >= 4 is 23.7 Å². The number of amides is 3. The monoisotopic (exact) mass is 522 g/mol. The molecule has 38 heavy (non-hydrogen) atoms. The second-order valence-corrected chi connectivity index (χ2v) is 8.68. The molecule has 0 aliphatic carbocycles. The topological polar surface area (TPSA) is 200 Å². The number of phenols is 1. The molecule has 0 radical (unpaired) electrons. The van der Waals surface area contributed by atoms with Crippen molar-refractivity contribution in [1.29, 1.82) is 0 Å². The molecule has 0 saturated heterocycles. The van der Waals surface area contributed by atoms with E-state index >= 15 is 0 Å². The van der Waals surface area contributed by atoms with Gasteiger partial charge in [-0.2, -0.15) is 0 Å². The summed E-state index contributed by atoms with van der Waals surface area (Å²) in [6, 6.07) is 12.1. The van der Waals surface area contributed by atoms with E-state index < -0.39 is 48.4 Å². The average Bonchev–Trinajstić information content (AvgIpc) is 3.41. The fourth-order valence-corrected chi connectivity index (χ4v) is 3.70. The zero-order chi connectivity index (χ0) is 27.5. The van der Waals surface area contributed by atoms with Crippen molar-refractivity contribution in [2.24, 2.45) is 5.73 Å². The molecule has 12 nitrogen and oxygen atoms in total. The zero-order valence-electron chi connectivity index (χ0n) is 20.5. The van der Waals surface area contributed by atoms with Gasteiger partial charge in [0.15, 0.2) is 0 Å². The number of aromatic nitrogens is 2. The highest BCUT2D eigenvalue weighted by Crippen LogP contribution is 2.11. The maximum Gasteiger partial charge on any atom is 0.322 e. The van der Waals surface area contributed by atoms with E-state index in [0.717, 1.165) is 11.1 Å². The number of imidazole rings is 1. The van der Waals surface area contributed by atoms with Gasteiger partial charge in [0.1, 0.15) is 24.4 Å². The number of nitrogens with one attached hydrogen (secondary N) is 4. The molecule has 0 saturated carbocycles. The fraction of sp³-hybridized carbons (Fsp3) is 0.269. The molecule has 3 aromatic rings. The van der Waals surface area contributed by atoms with Gasteiger partial charge in [-0.3, -0.25) is 19.2 Å². The molecule has 200 valence electrons. The third-order valence-corrected chi connectivity index (χ3v) is 5.67. The molecule has 0 fully saturated rings. The summed E-state index contributed by atoms with van der Waals surface area (Å²) in [6.07, 6.45) is 3.21. The van der Waals surface area contributed by atoms with Crippen LogP contribution in [0, 0.1) is 0 Å². The van der Waals surface area contributed by atoms with Gasteiger partial charge in [-0.1, -0.05) is 42.5 Å². The lowest BCUT2D eigenvalue weighted by Crippen LogP contribution is -2.57. The number of rotatable bonds is 13. The third-order valence-electron chi connectivity index (χ3n) is 5.67. The molecule has 1 aromatic heterocycles. The van der Waals surface area contributed by atoms with Crippen LogP contribution in [0.25, 0.3) is 0 Å². The average molecular weight is 523 g/mol. The van der Waals surface area contributed by atoms with E-state index in [9.17, 15) is 24.3 Å². The molecular formula is C26H30N6O6. The van der Waals surface area contributed by atoms with Crippen molar-refractivity contribution in [1.82, 2.24) is 25.9 Å². The molecule has 3 atom stereocenters. The van der Waals surface area contributed by atoms with Crippen LogP contribution in [-0.2, 0) is 38.4 Å². The summed E-state index contributed by atoms with van der Waals surface area (Å²) in [5.74, 6) is -3.07. The fourth-order valence-electron chi connectivity index (χ4n) is 3.70. The van der Waals surface area contributed by atoms with Gasteiger partial charge in [0.25, 0.3) is 0 Å². The van der Waals surface area contributed by atoms with Gasteiger partial charge >= 0.3 is 5.97 Å². The van der Waals surface area contributed by atoms with Crippen LogP contribution in [0.2, 0.25) is 0 Å². The number of aliphatic carboxylic acids is 1. The van der Waals surface area contributed by atoms with Crippen LogP contribution >= 0.6 is 0 Å². The number of nitrogens with two attached hydrogens (primary N) is 1. The highest BCUT2D eigenvalue weighted by molar-refractivity contribution is 5.94. The number of aromatic amines is 1. The number of carbonyl (C=O) groups excluding carboxylic acids is 3. The normalized spacial score (nSPS) is 13.1. The van der Waals surface area contributed by atoms with Crippen molar-refractivity contribution in [2.75, 3.05) is 6.54 Å². The summed E-state index contributed by atoms with van der Waals surface area (Å²) in [5.41, 5.74) is 8.13. The van der Waals surface area contributed by atoms with Gasteiger partial charge in [-0.05, 0) is 29.7 Å². The molecule has 1 heterocycles. The molecule has 0 aliphatic rings. The van der Waals surface area contributed by atoms with Crippen LogP contribution < -0.4 is 21.7 Å². The Kier molecular flexibility index (Phi) is 9.94. The molecule has 3 unspecified atom stereocenters. The van der Waals surface area contributed by atoms with Crippen LogP contribution in [-0.4, -0.2) is 68.5 Å². The standard InChI is InChI=1S/C26H30N6O6/c27-20(10-17-6-8-19(33)9-7-17)24(36)31-21(11-16-4-2-1-3-5-16)26(38)32-22(12-18-13-28-15-30-18)25(37)29-14-23(34)35/h1-9,13,15,20-22,33H,10-12,14,27H2,(H,28,30)(H,29,37)(H,31,36)(H,32,38)(H,34,35). The highest BCUT2D eigenvalue weighted by Gasteiger charge is 2.29. The molecule has 0 bridgehead atoms. The molecule has 0 aliphatic heterocycles. The number of carboxylic acids is 1. The predicted molar refractivity (Wildman–Crippen MR) is 137 cm³/mol. The first-order valence-corrected chi connectivity index (χ1v) is 11.9. The Bertz CT molecular complexity index is 1220. The number of carbonyl (C=O) groups is 4. The molecular weight excluding hydrogens is 492 g/mol. The van der Waals surface area contributed by atoms with E-state index in [1.165, 1.54) is 24.7 Å². The van der Waals surface area contributed by atoms with Crippen LogP contribution in [0.1, 0.15) is 16.8 Å². The van der Waals surface area contributed by atoms with Crippen molar-refractivity contribution < 1.29 is 29.4 Å². The molecule has 3 rings (SSSR count). The predicted octanol–water partition coefficient (Wildman–Crippen LogP) is -0.359. The summed E-state index contributed by atoms with van der Waals surface area (Å²) in [4.78, 5) is 56.7. The first-order valence-electron chi connectivity index (χ1n) is 11.9. The van der Waals surface area contributed by atoms with E-state index in [0.29, 0.717) is 5.69 Å². The number of hydrogen-bond acceptors (Lipinski definition) is 7. The van der Waals surface area contributed by atoms with Gasteiger partial charge in [0.2, 0.25) is 17.7 Å². The van der Waals surface area contributed by atoms with Crippen molar-refractivity contribution in [3.05, 3.63) is 83.9 Å². The Morgan fingerprint density at radius 3 is 2.11 bits per heavy atom. The molecule has 2 aromatic carbocycles. The van der Waals surface area contributed by atoms with E-state index in [-0.39, 0.29) is 25.0 Å². The summed E-state index contributed by atoms with van der Waals surface area (Å²) in [5, 5.41) is 25.9. The van der Waals surface area contributed by atoms with E-state index in [1.807, 2.05) is 6.07 Å². The van der Waals surface area contributed by atoms with Crippen molar-refractivity contribution in [2.45, 2.75) is 37.4 Å². The van der Waals surface area contributed by atoms with Gasteiger partial charge < -0.3 is 36.9 Å². The summed E-state index contributed by atoms with van der Waals surface area (Å²) in [7, 11) is 0. The number of benzene rings is 2. The lowest BCUT2D eigenvalue weighted by atomic mass is 10.0. The minimum Gasteiger partial charge on any atom is -0.508 e. The maximum absolute atomic E-state index is 13.4. The maximum atomic E-state index is 13.4. The van der Waals surface area contributed by atoms with Crippen LogP contribution in [0.3, 0.4) is 0 Å². The van der Waals surface area contributed by atoms with E-state index in [2.05, 4.69) is 25.9 Å². The molecule has 8 N–H and O–H groups in total. The Labute approximate surface area is 218 Å². The quantitative estimate of drug-likeness (QED) is 0.158. The zero-order valence-corrected chi connectivity index (χ0v) is 20.5. The smallest absolute Gasteiger partial charge is 0.322 e. The Morgan fingerprint density at radius 2 is 1.47 bits per heavy atom. The van der Waals surface area contributed by atoms with Gasteiger partial charge in [0.05, 0.1) is 12.4 Å². The number of hydrogen-bond donors (Lipinski definition) is 7. The van der Waals surface area contributed by atoms with Gasteiger partial charge in [-0.15, -0.1) is 0 Å². The highest BCUT2D eigenvalue weighted by atomic mass is 16.4. The summed E-state index contributed by atoms with van der Waals surface area (Å²) >= 11 is 0. The largest absolute Gasteiger partial charge is 0.508 e. The van der Waals surface area contributed by atoms with E-state index in [4.69, 9.17) is 10.8 Å². The second kappa shape index (κ2) is 13.6. The van der Waals surface area contributed by atoms with Gasteiger partial charge in [-0.25, -0.2) is 4.98 Å². The van der Waals surface area contributed by atoms with Crippen LogP contribution in [0.4, 0.5) is 0 Å². The first-order chi connectivity index (χ1) is 18.2. The number of aromatic hydroxyl groups is 1. The number of H-pyrrole nitrogens is 1. The minimum absolute atomic E-state index is 0.0174.